The topological polar surface area (TPSA) is 105 Å². The average molecular weight is 477 g/mol. The van der Waals surface area contributed by atoms with Gasteiger partial charge in [0.05, 0.1) is 12.1 Å². The first-order valence-electron chi connectivity index (χ1n) is 12.5. The molecule has 3 amide bonds. The summed E-state index contributed by atoms with van der Waals surface area (Å²) in [5.41, 5.74) is 0.615. The van der Waals surface area contributed by atoms with Gasteiger partial charge in [-0.3, -0.25) is 24.6 Å². The summed E-state index contributed by atoms with van der Waals surface area (Å²) in [6, 6.07) is 6.01. The summed E-state index contributed by atoms with van der Waals surface area (Å²) in [6.45, 7) is 4.17. The molecular formula is C26H28N4O5. The molecule has 3 saturated heterocycles. The van der Waals surface area contributed by atoms with Crippen molar-refractivity contribution in [2.45, 2.75) is 69.2 Å². The second-order valence-corrected chi connectivity index (χ2v) is 10.8. The third kappa shape index (κ3) is 3.10. The SMILES string of the molecule is Cc1cnc(C2CN([C@@H]3CCC[C@H]3Oc3ccc4c(c3)CN(C35CC(C3)C(=O)NC5=O)C4=O)C2)o1. The van der Waals surface area contributed by atoms with Gasteiger partial charge in [0.1, 0.15) is 23.2 Å². The number of nitrogens with one attached hydrogen (secondary N) is 1. The second-order valence-electron chi connectivity index (χ2n) is 10.8. The molecule has 1 aromatic heterocycles. The van der Waals surface area contributed by atoms with Crippen LogP contribution in [-0.4, -0.2) is 63.3 Å². The molecule has 182 valence electrons. The highest BCUT2D eigenvalue weighted by molar-refractivity contribution is 6.10. The number of imide groups is 1. The number of amides is 3. The molecule has 9 heteroatoms. The molecule has 9 nitrogen and oxygen atoms in total. The van der Waals surface area contributed by atoms with Crippen molar-refractivity contribution in [2.75, 3.05) is 13.1 Å². The van der Waals surface area contributed by atoms with Gasteiger partial charge in [0, 0.05) is 37.2 Å². The highest BCUT2D eigenvalue weighted by Gasteiger charge is 2.63. The highest BCUT2D eigenvalue weighted by atomic mass is 16.5. The van der Waals surface area contributed by atoms with Gasteiger partial charge in [0.2, 0.25) is 5.91 Å². The molecule has 8 rings (SSSR count). The van der Waals surface area contributed by atoms with Gasteiger partial charge in [0.15, 0.2) is 5.89 Å². The van der Waals surface area contributed by atoms with Crippen LogP contribution < -0.4 is 10.1 Å². The Hall–Kier alpha value is -3.20. The smallest absolute Gasteiger partial charge is 0.255 e. The Bertz CT molecular complexity index is 1240. The quantitative estimate of drug-likeness (QED) is 0.660. The number of aryl methyl sites for hydroxylation is 1. The monoisotopic (exact) mass is 476 g/mol. The molecule has 1 aromatic carbocycles. The van der Waals surface area contributed by atoms with Crippen LogP contribution in [0, 0.1) is 12.8 Å². The standard InChI is InChI=1S/C26H28N4O5/c1-14-10-27-23(34-14)17-11-29(12-17)20-3-2-4-21(20)35-18-5-6-19-15(7-18)13-30(24(19)32)26-8-16(9-26)22(31)28-25(26)33/h5-7,10,16-17,20-21H,2-4,8-9,11-13H2,1H3,(H,28,31,33)/t16?,20-,21-,26?/m1/s1. The Balaban J connectivity index is 1.03. The van der Waals surface area contributed by atoms with E-state index in [0.29, 0.717) is 36.9 Å². The van der Waals surface area contributed by atoms with Crippen LogP contribution in [0.25, 0.3) is 0 Å². The van der Waals surface area contributed by atoms with E-state index in [0.717, 1.165) is 55.3 Å². The Morgan fingerprint density at radius 2 is 1.97 bits per heavy atom. The van der Waals surface area contributed by atoms with Gasteiger partial charge in [-0.2, -0.15) is 0 Å². The molecule has 0 spiro atoms. The molecule has 2 bridgehead atoms. The van der Waals surface area contributed by atoms with Crippen molar-refractivity contribution in [1.29, 1.82) is 0 Å². The zero-order valence-electron chi connectivity index (χ0n) is 19.7. The predicted octanol–water partition coefficient (Wildman–Crippen LogP) is 2.14. The molecule has 0 unspecified atom stereocenters. The van der Waals surface area contributed by atoms with Crippen molar-refractivity contribution in [3.8, 4) is 5.75 Å². The third-order valence-corrected chi connectivity index (χ3v) is 8.67. The third-order valence-electron chi connectivity index (χ3n) is 8.67. The number of fused-ring (bicyclic) bond motifs is 3. The molecule has 35 heavy (non-hydrogen) atoms. The van der Waals surface area contributed by atoms with Crippen molar-refractivity contribution in [3.63, 3.8) is 0 Å². The minimum absolute atomic E-state index is 0.106. The van der Waals surface area contributed by atoms with Crippen LogP contribution in [0.15, 0.2) is 28.8 Å². The van der Waals surface area contributed by atoms with Gasteiger partial charge in [-0.1, -0.05) is 0 Å². The number of aromatic nitrogens is 1. The number of hydrogen-bond acceptors (Lipinski definition) is 7. The first-order chi connectivity index (χ1) is 16.9. The van der Waals surface area contributed by atoms with Gasteiger partial charge in [0.25, 0.3) is 11.8 Å². The number of likely N-dealkylation sites (tertiary alicyclic amines) is 1. The number of carbonyl (C=O) groups is 3. The Labute approximate surface area is 202 Å². The van der Waals surface area contributed by atoms with Crippen LogP contribution in [-0.2, 0) is 16.1 Å². The van der Waals surface area contributed by atoms with Gasteiger partial charge >= 0.3 is 0 Å². The summed E-state index contributed by atoms with van der Waals surface area (Å²) >= 11 is 0. The van der Waals surface area contributed by atoms with Crippen LogP contribution in [0.1, 0.15) is 65.6 Å². The van der Waals surface area contributed by atoms with E-state index in [1.54, 1.807) is 11.1 Å². The van der Waals surface area contributed by atoms with Crippen LogP contribution in [0.2, 0.25) is 0 Å². The van der Waals surface area contributed by atoms with E-state index in [4.69, 9.17) is 9.15 Å². The van der Waals surface area contributed by atoms with Crippen molar-refractivity contribution in [2.24, 2.45) is 5.92 Å². The summed E-state index contributed by atoms with van der Waals surface area (Å²) in [6.07, 6.45) is 5.98. The Morgan fingerprint density at radius 3 is 2.71 bits per heavy atom. The normalized spacial score (nSPS) is 32.3. The summed E-state index contributed by atoms with van der Waals surface area (Å²) < 4.78 is 12.2. The summed E-state index contributed by atoms with van der Waals surface area (Å²) in [4.78, 5) is 46.1. The summed E-state index contributed by atoms with van der Waals surface area (Å²) in [7, 11) is 0. The number of oxazole rings is 1. The second kappa shape index (κ2) is 7.40. The minimum atomic E-state index is -0.887. The number of nitrogens with zero attached hydrogens (tertiary/aromatic N) is 3. The number of rotatable bonds is 5. The van der Waals surface area contributed by atoms with Gasteiger partial charge in [-0.05, 0) is 62.8 Å². The van der Waals surface area contributed by atoms with E-state index in [2.05, 4.69) is 15.2 Å². The van der Waals surface area contributed by atoms with E-state index in [1.807, 2.05) is 25.1 Å². The largest absolute Gasteiger partial charge is 0.489 e. The predicted molar refractivity (Wildman–Crippen MR) is 123 cm³/mol. The van der Waals surface area contributed by atoms with E-state index in [-0.39, 0.29) is 29.7 Å². The van der Waals surface area contributed by atoms with Crippen LogP contribution in [0.3, 0.4) is 0 Å². The molecule has 2 aromatic rings. The van der Waals surface area contributed by atoms with Crippen LogP contribution >= 0.6 is 0 Å². The van der Waals surface area contributed by atoms with Crippen LogP contribution in [0.5, 0.6) is 5.75 Å². The molecule has 1 N–H and O–H groups in total. The van der Waals surface area contributed by atoms with Crippen LogP contribution in [0.4, 0.5) is 0 Å². The van der Waals surface area contributed by atoms with E-state index in [9.17, 15) is 14.4 Å². The fourth-order valence-electron chi connectivity index (χ4n) is 6.65. The Kier molecular flexibility index (Phi) is 4.46. The number of hydrogen-bond donors (Lipinski definition) is 1. The molecule has 5 fully saturated rings. The molecule has 6 aliphatic rings. The van der Waals surface area contributed by atoms with Crippen molar-refractivity contribution in [1.82, 2.24) is 20.1 Å². The van der Waals surface area contributed by atoms with Gasteiger partial charge in [-0.15, -0.1) is 0 Å². The lowest BCUT2D eigenvalue weighted by Crippen LogP contribution is -2.73. The van der Waals surface area contributed by atoms with Crippen molar-refractivity contribution in [3.05, 3.63) is 47.2 Å². The van der Waals surface area contributed by atoms with E-state index < -0.39 is 5.54 Å². The summed E-state index contributed by atoms with van der Waals surface area (Å²) in [5.74, 6) is 1.93. The fraction of sp³-hybridized carbons (Fsp3) is 0.538. The highest BCUT2D eigenvalue weighted by Crippen LogP contribution is 2.49. The lowest BCUT2D eigenvalue weighted by atomic mass is 9.63. The molecule has 0 radical (unpaired) electrons. The summed E-state index contributed by atoms with van der Waals surface area (Å²) in [5, 5.41) is 2.43. The molecule has 5 heterocycles. The number of ether oxygens (including phenoxy) is 1. The zero-order chi connectivity index (χ0) is 23.9. The van der Waals surface area contributed by atoms with E-state index in [1.165, 1.54) is 0 Å². The van der Waals surface area contributed by atoms with Crippen molar-refractivity contribution < 1.29 is 23.5 Å². The van der Waals surface area contributed by atoms with E-state index >= 15 is 0 Å². The number of piperidine rings is 2. The maximum Gasteiger partial charge on any atom is 0.255 e. The fourth-order valence-corrected chi connectivity index (χ4v) is 6.65. The minimum Gasteiger partial charge on any atom is -0.489 e. The molecule has 4 aliphatic heterocycles. The number of benzene rings is 1. The lowest BCUT2D eigenvalue weighted by molar-refractivity contribution is -0.160. The molecule has 2 saturated carbocycles. The maximum absolute atomic E-state index is 13.1. The molecule has 2 atom stereocenters. The molecule has 2 aliphatic carbocycles. The van der Waals surface area contributed by atoms with Gasteiger partial charge < -0.3 is 14.1 Å². The number of carbonyl (C=O) groups excluding carboxylic acids is 3. The first kappa shape index (κ1) is 21.1. The maximum atomic E-state index is 13.1. The first-order valence-corrected chi connectivity index (χ1v) is 12.5. The van der Waals surface area contributed by atoms with Gasteiger partial charge in [-0.25, -0.2) is 4.98 Å². The zero-order valence-corrected chi connectivity index (χ0v) is 19.7. The lowest BCUT2D eigenvalue weighted by Gasteiger charge is -2.53. The molecular weight excluding hydrogens is 448 g/mol. The Morgan fingerprint density at radius 1 is 1.14 bits per heavy atom. The van der Waals surface area contributed by atoms with Crippen molar-refractivity contribution >= 4 is 17.7 Å². The average Bonchev–Trinajstić information content (AvgIpc) is 3.47.